The Morgan fingerprint density at radius 2 is 1.89 bits per heavy atom. The van der Waals surface area contributed by atoms with Crippen molar-refractivity contribution in [3.8, 4) is 10.4 Å². The number of hydrogen-bond acceptors (Lipinski definition) is 4. The second kappa shape index (κ2) is 6.06. The molecule has 1 heterocycles. The van der Waals surface area contributed by atoms with Gasteiger partial charge in [-0.1, -0.05) is 37.3 Å². The molecule has 1 aromatic heterocycles. The Morgan fingerprint density at radius 1 is 1.21 bits per heavy atom. The van der Waals surface area contributed by atoms with Crippen LogP contribution in [0.2, 0.25) is 0 Å². The third-order valence-corrected chi connectivity index (χ3v) is 3.84. The van der Waals surface area contributed by atoms with Gasteiger partial charge in [0.15, 0.2) is 5.13 Å². The van der Waals surface area contributed by atoms with Crippen LogP contribution in [0.5, 0.6) is 0 Å². The van der Waals surface area contributed by atoms with Gasteiger partial charge >= 0.3 is 0 Å². The largest absolute Gasteiger partial charge is 0.378 e. The first-order valence-corrected chi connectivity index (χ1v) is 7.35. The maximum absolute atomic E-state index is 4.42. The molecule has 19 heavy (non-hydrogen) atoms. The van der Waals surface area contributed by atoms with E-state index in [2.05, 4.69) is 67.4 Å². The van der Waals surface area contributed by atoms with Crippen LogP contribution in [0, 0.1) is 5.92 Å². The standard InChI is InChI=1S/C15H21N3S/c1-11(2)9-16-15-17-10-14(19-15)12-5-7-13(8-6-12)18(3)4/h5-8,10-11H,9H2,1-4H3,(H,16,17). The fraction of sp³-hybridized carbons (Fsp3) is 0.400. The van der Waals surface area contributed by atoms with E-state index in [1.807, 2.05) is 6.20 Å². The Morgan fingerprint density at radius 3 is 2.47 bits per heavy atom. The molecule has 0 unspecified atom stereocenters. The quantitative estimate of drug-likeness (QED) is 0.895. The molecule has 0 radical (unpaired) electrons. The predicted octanol–water partition coefficient (Wildman–Crippen LogP) is 3.94. The SMILES string of the molecule is CC(C)CNc1ncc(-c2ccc(N(C)C)cc2)s1. The Bertz CT molecular complexity index is 514. The molecule has 102 valence electrons. The molecule has 3 nitrogen and oxygen atoms in total. The molecule has 0 saturated carbocycles. The molecule has 1 N–H and O–H groups in total. The number of benzene rings is 1. The molecule has 0 aliphatic carbocycles. The molecule has 0 aliphatic heterocycles. The highest BCUT2D eigenvalue weighted by Crippen LogP contribution is 2.30. The van der Waals surface area contributed by atoms with Gasteiger partial charge < -0.3 is 10.2 Å². The Balaban J connectivity index is 2.09. The van der Waals surface area contributed by atoms with E-state index in [0.717, 1.165) is 11.7 Å². The first kappa shape index (κ1) is 13.9. The van der Waals surface area contributed by atoms with Crippen LogP contribution in [0.15, 0.2) is 30.5 Å². The van der Waals surface area contributed by atoms with E-state index >= 15 is 0 Å². The smallest absolute Gasteiger partial charge is 0.183 e. The van der Waals surface area contributed by atoms with Crippen molar-refractivity contribution in [2.24, 2.45) is 5.92 Å². The zero-order valence-electron chi connectivity index (χ0n) is 12.0. The van der Waals surface area contributed by atoms with Gasteiger partial charge in [-0.05, 0) is 23.6 Å². The summed E-state index contributed by atoms with van der Waals surface area (Å²) in [5.41, 5.74) is 2.44. The third kappa shape index (κ3) is 3.70. The molecule has 0 spiro atoms. The number of thiazole rings is 1. The van der Waals surface area contributed by atoms with Gasteiger partial charge in [-0.15, -0.1) is 0 Å². The zero-order valence-corrected chi connectivity index (χ0v) is 12.8. The average molecular weight is 275 g/mol. The molecule has 0 bridgehead atoms. The van der Waals surface area contributed by atoms with Crippen molar-refractivity contribution < 1.29 is 0 Å². The van der Waals surface area contributed by atoms with Crippen LogP contribution < -0.4 is 10.2 Å². The maximum Gasteiger partial charge on any atom is 0.183 e. The summed E-state index contributed by atoms with van der Waals surface area (Å²) in [5, 5.41) is 4.36. The molecule has 0 aliphatic rings. The van der Waals surface area contributed by atoms with E-state index in [4.69, 9.17) is 0 Å². The van der Waals surface area contributed by atoms with Crippen LogP contribution in [0.3, 0.4) is 0 Å². The van der Waals surface area contributed by atoms with Gasteiger partial charge in [0.25, 0.3) is 0 Å². The minimum absolute atomic E-state index is 0.631. The first-order valence-electron chi connectivity index (χ1n) is 6.53. The van der Waals surface area contributed by atoms with Gasteiger partial charge in [-0.25, -0.2) is 4.98 Å². The van der Waals surface area contributed by atoms with Crippen LogP contribution in [-0.2, 0) is 0 Å². The van der Waals surface area contributed by atoms with Crippen molar-refractivity contribution in [2.75, 3.05) is 30.9 Å². The van der Waals surface area contributed by atoms with Crippen molar-refractivity contribution in [1.82, 2.24) is 4.98 Å². The second-order valence-electron chi connectivity index (χ2n) is 5.25. The topological polar surface area (TPSA) is 28.2 Å². The van der Waals surface area contributed by atoms with Crippen LogP contribution in [0.25, 0.3) is 10.4 Å². The number of nitrogens with one attached hydrogen (secondary N) is 1. The van der Waals surface area contributed by atoms with Crippen LogP contribution in [0.4, 0.5) is 10.8 Å². The fourth-order valence-electron chi connectivity index (χ4n) is 1.70. The summed E-state index contributed by atoms with van der Waals surface area (Å²) in [4.78, 5) is 7.73. The lowest BCUT2D eigenvalue weighted by molar-refractivity contribution is 0.688. The van der Waals surface area contributed by atoms with Gasteiger partial charge in [-0.3, -0.25) is 0 Å². The number of aromatic nitrogens is 1. The molecule has 2 aromatic rings. The maximum atomic E-state index is 4.42. The molecule has 0 atom stereocenters. The first-order chi connectivity index (χ1) is 9.06. The van der Waals surface area contributed by atoms with Gasteiger partial charge in [0.2, 0.25) is 0 Å². The minimum Gasteiger partial charge on any atom is -0.378 e. The van der Waals surface area contributed by atoms with Crippen molar-refractivity contribution in [1.29, 1.82) is 0 Å². The van der Waals surface area contributed by atoms with Crippen molar-refractivity contribution in [2.45, 2.75) is 13.8 Å². The summed E-state index contributed by atoms with van der Waals surface area (Å²) in [6.45, 7) is 5.36. The van der Waals surface area contributed by atoms with E-state index in [1.54, 1.807) is 11.3 Å². The molecule has 0 saturated heterocycles. The lowest BCUT2D eigenvalue weighted by Crippen LogP contribution is -2.07. The van der Waals surface area contributed by atoms with E-state index in [0.29, 0.717) is 5.92 Å². The average Bonchev–Trinajstić information content (AvgIpc) is 2.85. The fourth-order valence-corrected chi connectivity index (χ4v) is 2.53. The Labute approximate surface area is 119 Å². The van der Waals surface area contributed by atoms with Gasteiger partial charge in [-0.2, -0.15) is 0 Å². The number of anilines is 2. The van der Waals surface area contributed by atoms with Crippen molar-refractivity contribution in [3.63, 3.8) is 0 Å². The second-order valence-corrected chi connectivity index (χ2v) is 6.28. The monoisotopic (exact) mass is 275 g/mol. The zero-order chi connectivity index (χ0) is 13.8. The highest BCUT2D eigenvalue weighted by molar-refractivity contribution is 7.18. The molecule has 0 amide bonds. The molecule has 4 heteroatoms. The summed E-state index contributed by atoms with van der Waals surface area (Å²) in [5.74, 6) is 0.631. The molecular formula is C15H21N3S. The van der Waals surface area contributed by atoms with Crippen LogP contribution >= 0.6 is 11.3 Å². The van der Waals surface area contributed by atoms with Crippen molar-refractivity contribution >= 4 is 22.2 Å². The summed E-state index contributed by atoms with van der Waals surface area (Å²) in [7, 11) is 4.10. The lowest BCUT2D eigenvalue weighted by atomic mass is 10.2. The van der Waals surface area contributed by atoms with Gasteiger partial charge in [0.1, 0.15) is 0 Å². The minimum atomic E-state index is 0.631. The number of rotatable bonds is 5. The number of hydrogen-bond donors (Lipinski definition) is 1. The Hall–Kier alpha value is -1.55. The normalized spacial score (nSPS) is 10.8. The summed E-state index contributed by atoms with van der Waals surface area (Å²) in [6, 6.07) is 8.57. The van der Waals surface area contributed by atoms with E-state index in [1.165, 1.54) is 16.1 Å². The highest BCUT2D eigenvalue weighted by atomic mass is 32.1. The lowest BCUT2D eigenvalue weighted by Gasteiger charge is -2.12. The number of nitrogens with zero attached hydrogens (tertiary/aromatic N) is 2. The third-order valence-electron chi connectivity index (χ3n) is 2.84. The summed E-state index contributed by atoms with van der Waals surface area (Å²) >= 11 is 1.71. The molecule has 0 fully saturated rings. The van der Waals surface area contributed by atoms with Gasteiger partial charge in [0, 0.05) is 32.5 Å². The Kier molecular flexibility index (Phi) is 4.43. The molecule has 2 rings (SSSR count). The molecular weight excluding hydrogens is 254 g/mol. The van der Waals surface area contributed by atoms with Crippen molar-refractivity contribution in [3.05, 3.63) is 30.5 Å². The summed E-state index contributed by atoms with van der Waals surface area (Å²) in [6.07, 6.45) is 1.94. The van der Waals surface area contributed by atoms with Crippen LogP contribution in [0.1, 0.15) is 13.8 Å². The van der Waals surface area contributed by atoms with E-state index in [9.17, 15) is 0 Å². The summed E-state index contributed by atoms with van der Waals surface area (Å²) < 4.78 is 0. The van der Waals surface area contributed by atoms with Crippen LogP contribution in [-0.4, -0.2) is 25.6 Å². The molecule has 1 aromatic carbocycles. The highest BCUT2D eigenvalue weighted by Gasteiger charge is 2.05. The van der Waals surface area contributed by atoms with Gasteiger partial charge in [0.05, 0.1) is 4.88 Å². The van der Waals surface area contributed by atoms with E-state index in [-0.39, 0.29) is 0 Å². The van der Waals surface area contributed by atoms with E-state index < -0.39 is 0 Å². The predicted molar refractivity (Wildman–Crippen MR) is 85.2 cm³/mol.